The molecule has 1 fully saturated rings. The van der Waals surface area contributed by atoms with E-state index in [9.17, 15) is 8.42 Å². The SMILES string of the molecule is CCNC(=NCCCCCCCN(C)C)N1CCS(=O)(=O)C(C)(C)C1. The lowest BCUT2D eigenvalue weighted by molar-refractivity contribution is 0.353. The Balaban J connectivity index is 2.42. The van der Waals surface area contributed by atoms with E-state index >= 15 is 0 Å². The van der Waals surface area contributed by atoms with Crippen molar-refractivity contribution >= 4 is 15.8 Å². The van der Waals surface area contributed by atoms with Crippen LogP contribution in [0, 0.1) is 0 Å². The molecule has 148 valence electrons. The molecule has 0 spiro atoms. The number of nitrogens with zero attached hydrogens (tertiary/aromatic N) is 3. The standard InChI is InChI=1S/C18H38N4O2S/c1-6-19-17(20-12-10-8-7-9-11-13-21(4)5)22-14-15-25(23,24)18(2,3)16-22/h6-16H2,1-5H3,(H,19,20). The predicted octanol–water partition coefficient (Wildman–Crippen LogP) is 1.97. The molecule has 0 aromatic carbocycles. The van der Waals surface area contributed by atoms with Gasteiger partial charge in [-0.05, 0) is 54.3 Å². The summed E-state index contributed by atoms with van der Waals surface area (Å²) in [5, 5.41) is 3.32. The lowest BCUT2D eigenvalue weighted by Crippen LogP contribution is -2.57. The number of aliphatic imine (C=N–C) groups is 1. The zero-order valence-electron chi connectivity index (χ0n) is 16.8. The van der Waals surface area contributed by atoms with Crippen LogP contribution < -0.4 is 5.32 Å². The van der Waals surface area contributed by atoms with Gasteiger partial charge in [0.25, 0.3) is 0 Å². The summed E-state index contributed by atoms with van der Waals surface area (Å²) < 4.78 is 23.6. The minimum atomic E-state index is -3.01. The summed E-state index contributed by atoms with van der Waals surface area (Å²) in [6.07, 6.45) is 6.09. The second-order valence-electron chi connectivity index (χ2n) is 7.81. The highest BCUT2D eigenvalue weighted by atomic mass is 32.2. The van der Waals surface area contributed by atoms with Crippen LogP contribution in [0.4, 0.5) is 0 Å². The zero-order valence-corrected chi connectivity index (χ0v) is 17.7. The average Bonchev–Trinajstić information content (AvgIpc) is 2.51. The van der Waals surface area contributed by atoms with E-state index in [-0.39, 0.29) is 5.75 Å². The Morgan fingerprint density at radius 3 is 2.40 bits per heavy atom. The fourth-order valence-electron chi connectivity index (χ4n) is 3.01. The number of rotatable bonds is 9. The number of guanidine groups is 1. The molecular formula is C18H38N4O2S. The van der Waals surface area contributed by atoms with Gasteiger partial charge >= 0.3 is 0 Å². The fraction of sp³-hybridized carbons (Fsp3) is 0.944. The van der Waals surface area contributed by atoms with Crippen LogP contribution in [0.5, 0.6) is 0 Å². The van der Waals surface area contributed by atoms with Crippen molar-refractivity contribution in [3.05, 3.63) is 0 Å². The average molecular weight is 375 g/mol. The second-order valence-corrected chi connectivity index (χ2v) is 10.5. The monoisotopic (exact) mass is 374 g/mol. The third kappa shape index (κ3) is 7.52. The van der Waals surface area contributed by atoms with Crippen LogP contribution >= 0.6 is 0 Å². The first kappa shape index (κ1) is 22.2. The molecule has 0 aromatic heterocycles. The van der Waals surface area contributed by atoms with Gasteiger partial charge in [0.15, 0.2) is 15.8 Å². The first-order valence-corrected chi connectivity index (χ1v) is 11.2. The van der Waals surface area contributed by atoms with Crippen molar-refractivity contribution in [3.63, 3.8) is 0 Å². The summed E-state index contributed by atoms with van der Waals surface area (Å²) in [6.45, 7) is 9.47. The van der Waals surface area contributed by atoms with Crippen molar-refractivity contribution in [1.82, 2.24) is 15.1 Å². The first-order chi connectivity index (χ1) is 11.7. The highest BCUT2D eigenvalue weighted by Gasteiger charge is 2.40. The Hall–Kier alpha value is -0.820. The van der Waals surface area contributed by atoms with Crippen molar-refractivity contribution < 1.29 is 8.42 Å². The molecule has 0 unspecified atom stereocenters. The van der Waals surface area contributed by atoms with Gasteiger partial charge in [-0.3, -0.25) is 4.99 Å². The van der Waals surface area contributed by atoms with Gasteiger partial charge in [0.2, 0.25) is 0 Å². The molecule has 1 aliphatic rings. The predicted molar refractivity (Wildman–Crippen MR) is 107 cm³/mol. The fourth-order valence-corrected chi connectivity index (χ4v) is 4.37. The molecule has 1 saturated heterocycles. The molecule has 0 amide bonds. The van der Waals surface area contributed by atoms with Crippen LogP contribution in [0.3, 0.4) is 0 Å². The van der Waals surface area contributed by atoms with E-state index in [1.165, 1.54) is 25.7 Å². The van der Waals surface area contributed by atoms with Crippen LogP contribution in [-0.4, -0.2) is 81.5 Å². The van der Waals surface area contributed by atoms with E-state index in [2.05, 4.69) is 29.2 Å². The van der Waals surface area contributed by atoms with E-state index in [1.54, 1.807) is 0 Å². The Kier molecular flexibility index (Phi) is 9.21. The van der Waals surface area contributed by atoms with E-state index in [4.69, 9.17) is 4.99 Å². The molecule has 0 atom stereocenters. The molecule has 1 rings (SSSR count). The summed E-state index contributed by atoms with van der Waals surface area (Å²) in [7, 11) is 1.22. The van der Waals surface area contributed by atoms with Crippen LogP contribution in [0.25, 0.3) is 0 Å². The molecule has 0 bridgehead atoms. The van der Waals surface area contributed by atoms with Crippen LogP contribution in [0.15, 0.2) is 4.99 Å². The van der Waals surface area contributed by atoms with Gasteiger partial charge in [0.05, 0.1) is 10.5 Å². The molecule has 0 saturated carbocycles. The van der Waals surface area contributed by atoms with Crippen molar-refractivity contribution in [1.29, 1.82) is 0 Å². The summed E-state index contributed by atoms with van der Waals surface area (Å²) in [4.78, 5) is 9.05. The van der Waals surface area contributed by atoms with Crippen LogP contribution in [-0.2, 0) is 9.84 Å². The number of nitrogens with one attached hydrogen (secondary N) is 1. The van der Waals surface area contributed by atoms with Crippen molar-refractivity contribution in [2.75, 3.05) is 52.6 Å². The molecule has 6 nitrogen and oxygen atoms in total. The smallest absolute Gasteiger partial charge is 0.193 e. The van der Waals surface area contributed by atoms with E-state index in [0.29, 0.717) is 13.1 Å². The van der Waals surface area contributed by atoms with E-state index < -0.39 is 14.6 Å². The molecule has 0 aromatic rings. The second kappa shape index (κ2) is 10.4. The lowest BCUT2D eigenvalue weighted by Gasteiger charge is -2.39. The third-order valence-corrected chi connectivity index (χ3v) is 7.24. The van der Waals surface area contributed by atoms with Crippen LogP contribution in [0.2, 0.25) is 0 Å². The lowest BCUT2D eigenvalue weighted by atomic mass is 10.1. The minimum absolute atomic E-state index is 0.205. The molecule has 0 aliphatic carbocycles. The van der Waals surface area contributed by atoms with Crippen molar-refractivity contribution in [2.24, 2.45) is 4.99 Å². The number of unbranched alkanes of at least 4 members (excludes halogenated alkanes) is 4. The van der Waals surface area contributed by atoms with Crippen LogP contribution in [0.1, 0.15) is 52.9 Å². The van der Waals surface area contributed by atoms with Crippen molar-refractivity contribution in [2.45, 2.75) is 57.6 Å². The maximum Gasteiger partial charge on any atom is 0.193 e. The molecular weight excluding hydrogens is 336 g/mol. The quantitative estimate of drug-likeness (QED) is 0.380. The molecule has 1 N–H and O–H groups in total. The largest absolute Gasteiger partial charge is 0.357 e. The molecule has 25 heavy (non-hydrogen) atoms. The van der Waals surface area contributed by atoms with Gasteiger partial charge in [-0.25, -0.2) is 8.42 Å². The number of sulfone groups is 1. The highest BCUT2D eigenvalue weighted by molar-refractivity contribution is 7.92. The molecule has 1 heterocycles. The zero-order chi connectivity index (χ0) is 18.9. The molecule has 1 aliphatic heterocycles. The van der Waals surface area contributed by atoms with Crippen molar-refractivity contribution in [3.8, 4) is 0 Å². The number of hydrogen-bond acceptors (Lipinski definition) is 4. The summed E-state index contributed by atoms with van der Waals surface area (Å²) in [5.74, 6) is 1.06. The van der Waals surface area contributed by atoms with Gasteiger partial charge in [-0.1, -0.05) is 19.3 Å². The number of hydrogen-bond donors (Lipinski definition) is 1. The van der Waals surface area contributed by atoms with E-state index in [1.807, 2.05) is 20.8 Å². The summed E-state index contributed by atoms with van der Waals surface area (Å²) >= 11 is 0. The molecule has 0 radical (unpaired) electrons. The third-order valence-electron chi connectivity index (χ3n) is 4.70. The Morgan fingerprint density at radius 2 is 1.80 bits per heavy atom. The Bertz CT molecular complexity index is 515. The van der Waals surface area contributed by atoms with Gasteiger partial charge in [0, 0.05) is 26.2 Å². The maximum atomic E-state index is 12.2. The van der Waals surface area contributed by atoms with Gasteiger partial charge in [-0.2, -0.15) is 0 Å². The Morgan fingerprint density at radius 1 is 1.16 bits per heavy atom. The minimum Gasteiger partial charge on any atom is -0.357 e. The topological polar surface area (TPSA) is 65.0 Å². The summed E-state index contributed by atoms with van der Waals surface area (Å²) in [5.41, 5.74) is 0. The van der Waals surface area contributed by atoms with Gasteiger partial charge in [-0.15, -0.1) is 0 Å². The first-order valence-electron chi connectivity index (χ1n) is 9.60. The Labute approximate surface area is 155 Å². The van der Waals surface area contributed by atoms with Gasteiger partial charge < -0.3 is 15.1 Å². The molecule has 7 heteroatoms. The van der Waals surface area contributed by atoms with E-state index in [0.717, 1.165) is 32.0 Å². The van der Waals surface area contributed by atoms with Gasteiger partial charge in [0.1, 0.15) is 0 Å². The summed E-state index contributed by atoms with van der Waals surface area (Å²) in [6, 6.07) is 0. The maximum absolute atomic E-state index is 12.2. The normalized spacial score (nSPS) is 20.1. The highest BCUT2D eigenvalue weighted by Crippen LogP contribution is 2.23.